The van der Waals surface area contributed by atoms with Crippen LogP contribution in [0.5, 0.6) is 5.75 Å². The average molecular weight is 255 g/mol. The fourth-order valence-electron chi connectivity index (χ4n) is 1.40. The molecule has 0 aliphatic carbocycles. The van der Waals surface area contributed by atoms with Gasteiger partial charge >= 0.3 is 0 Å². The Bertz CT molecular complexity index is 388. The van der Waals surface area contributed by atoms with Crippen LogP contribution in [0.25, 0.3) is 0 Å². The van der Waals surface area contributed by atoms with Crippen LogP contribution in [0, 0.1) is 12.7 Å². The van der Waals surface area contributed by atoms with Gasteiger partial charge in [0.2, 0.25) is 0 Å². The number of β-amino-alcohol motifs (C(OH)–C–C–N with tert-alkyl or cyclic N) is 1. The summed E-state index contributed by atoms with van der Waals surface area (Å²) in [5.41, 5.74) is 0.808. The quantitative estimate of drug-likeness (QED) is 0.848. The van der Waals surface area contributed by atoms with Crippen LogP contribution < -0.4 is 10.1 Å². The van der Waals surface area contributed by atoms with Crippen LogP contribution in [0.3, 0.4) is 0 Å². The lowest BCUT2D eigenvalue weighted by atomic mass is 10.1. The zero-order valence-electron chi connectivity index (χ0n) is 11.5. The van der Waals surface area contributed by atoms with Crippen LogP contribution in [0.1, 0.15) is 26.3 Å². The molecule has 1 atom stereocenters. The molecule has 0 radical (unpaired) electrons. The van der Waals surface area contributed by atoms with Crippen LogP contribution in [-0.2, 0) is 0 Å². The van der Waals surface area contributed by atoms with Crippen molar-refractivity contribution in [2.75, 3.05) is 13.2 Å². The largest absolute Gasteiger partial charge is 0.490 e. The van der Waals surface area contributed by atoms with Crippen molar-refractivity contribution in [3.8, 4) is 5.75 Å². The molecule has 0 aliphatic rings. The van der Waals surface area contributed by atoms with E-state index in [4.69, 9.17) is 4.74 Å². The molecule has 0 saturated heterocycles. The second kappa shape index (κ2) is 6.16. The molecule has 102 valence electrons. The van der Waals surface area contributed by atoms with Gasteiger partial charge in [-0.2, -0.15) is 0 Å². The number of nitrogens with one attached hydrogen (secondary N) is 1. The predicted molar refractivity (Wildman–Crippen MR) is 70.4 cm³/mol. The van der Waals surface area contributed by atoms with Gasteiger partial charge < -0.3 is 15.2 Å². The standard InChI is InChI=1S/C14H22FNO2/c1-10-5-6-11(15)7-13(10)18-9-12(17)8-16-14(2,3)4/h5-7,12,16-17H,8-9H2,1-4H3. The molecule has 0 spiro atoms. The summed E-state index contributed by atoms with van der Waals surface area (Å²) in [6.07, 6.45) is -0.619. The Morgan fingerprint density at radius 2 is 2.06 bits per heavy atom. The lowest BCUT2D eigenvalue weighted by Gasteiger charge is -2.23. The van der Waals surface area contributed by atoms with Crippen molar-refractivity contribution in [3.63, 3.8) is 0 Å². The van der Waals surface area contributed by atoms with Gasteiger partial charge in [-0.1, -0.05) is 6.07 Å². The van der Waals surface area contributed by atoms with E-state index in [9.17, 15) is 9.50 Å². The second-order valence-corrected chi connectivity index (χ2v) is 5.51. The molecule has 1 unspecified atom stereocenters. The minimum atomic E-state index is -0.619. The highest BCUT2D eigenvalue weighted by Crippen LogP contribution is 2.18. The maximum atomic E-state index is 13.0. The van der Waals surface area contributed by atoms with E-state index in [1.54, 1.807) is 6.07 Å². The van der Waals surface area contributed by atoms with E-state index in [1.807, 2.05) is 27.7 Å². The molecule has 0 bridgehead atoms. The van der Waals surface area contributed by atoms with Gasteiger partial charge in [0.05, 0.1) is 0 Å². The molecule has 0 heterocycles. The van der Waals surface area contributed by atoms with Gasteiger partial charge in [0.25, 0.3) is 0 Å². The second-order valence-electron chi connectivity index (χ2n) is 5.51. The molecule has 1 aromatic carbocycles. The molecular weight excluding hydrogens is 233 g/mol. The third-order valence-electron chi connectivity index (χ3n) is 2.45. The fourth-order valence-corrected chi connectivity index (χ4v) is 1.40. The third kappa shape index (κ3) is 5.47. The first-order valence-electron chi connectivity index (χ1n) is 6.10. The van der Waals surface area contributed by atoms with Gasteiger partial charge in [-0.3, -0.25) is 0 Å². The zero-order valence-corrected chi connectivity index (χ0v) is 11.5. The van der Waals surface area contributed by atoms with Crippen LogP contribution in [-0.4, -0.2) is 29.9 Å². The van der Waals surface area contributed by atoms with Crippen LogP contribution in [0.2, 0.25) is 0 Å². The summed E-state index contributed by atoms with van der Waals surface area (Å²) in [7, 11) is 0. The van der Waals surface area contributed by atoms with Crippen molar-refractivity contribution in [2.45, 2.75) is 39.3 Å². The van der Waals surface area contributed by atoms with Crippen LogP contribution in [0.15, 0.2) is 18.2 Å². The summed E-state index contributed by atoms with van der Waals surface area (Å²) in [5, 5.41) is 12.9. The maximum Gasteiger partial charge on any atom is 0.126 e. The molecule has 0 saturated carbocycles. The van der Waals surface area contributed by atoms with Gasteiger partial charge in [0.1, 0.15) is 24.3 Å². The molecule has 4 heteroatoms. The number of ether oxygens (including phenoxy) is 1. The van der Waals surface area contributed by atoms with Crippen LogP contribution >= 0.6 is 0 Å². The van der Waals surface area contributed by atoms with E-state index < -0.39 is 6.10 Å². The molecule has 2 N–H and O–H groups in total. The summed E-state index contributed by atoms with van der Waals surface area (Å²) >= 11 is 0. The molecule has 3 nitrogen and oxygen atoms in total. The van der Waals surface area contributed by atoms with E-state index in [1.165, 1.54) is 12.1 Å². The Morgan fingerprint density at radius 1 is 1.39 bits per heavy atom. The minimum Gasteiger partial charge on any atom is -0.490 e. The lowest BCUT2D eigenvalue weighted by molar-refractivity contribution is 0.0995. The molecule has 0 aromatic heterocycles. The van der Waals surface area contributed by atoms with E-state index in [0.29, 0.717) is 12.3 Å². The number of benzene rings is 1. The van der Waals surface area contributed by atoms with Crippen molar-refractivity contribution in [2.24, 2.45) is 0 Å². The number of aliphatic hydroxyl groups excluding tert-OH is 1. The van der Waals surface area contributed by atoms with E-state index in [0.717, 1.165) is 5.56 Å². The number of hydrogen-bond acceptors (Lipinski definition) is 3. The number of halogens is 1. The Kier molecular flexibility index (Phi) is 5.11. The first kappa shape index (κ1) is 14.9. The zero-order chi connectivity index (χ0) is 13.8. The summed E-state index contributed by atoms with van der Waals surface area (Å²) in [4.78, 5) is 0. The van der Waals surface area contributed by atoms with Crippen molar-refractivity contribution in [1.82, 2.24) is 5.32 Å². The summed E-state index contributed by atoms with van der Waals surface area (Å²) in [6.45, 7) is 8.51. The molecule has 0 fully saturated rings. The molecule has 18 heavy (non-hydrogen) atoms. The van der Waals surface area contributed by atoms with Crippen LogP contribution in [0.4, 0.5) is 4.39 Å². The number of aliphatic hydroxyl groups is 1. The fraction of sp³-hybridized carbons (Fsp3) is 0.571. The maximum absolute atomic E-state index is 13.0. The molecule has 1 rings (SSSR count). The normalized spacial score (nSPS) is 13.4. The Labute approximate surface area is 108 Å². The highest BCUT2D eigenvalue weighted by Gasteiger charge is 2.13. The smallest absolute Gasteiger partial charge is 0.126 e. The Hall–Kier alpha value is -1.13. The minimum absolute atomic E-state index is 0.0459. The van der Waals surface area contributed by atoms with Gasteiger partial charge in [-0.25, -0.2) is 4.39 Å². The molecule has 0 amide bonds. The average Bonchev–Trinajstić information content (AvgIpc) is 2.26. The third-order valence-corrected chi connectivity index (χ3v) is 2.45. The number of hydrogen-bond donors (Lipinski definition) is 2. The first-order chi connectivity index (χ1) is 8.28. The van der Waals surface area contributed by atoms with E-state index in [2.05, 4.69) is 5.32 Å². The summed E-state index contributed by atoms with van der Waals surface area (Å²) in [5.74, 6) is 0.141. The molecular formula is C14H22FNO2. The van der Waals surface area contributed by atoms with Crippen molar-refractivity contribution >= 4 is 0 Å². The first-order valence-corrected chi connectivity index (χ1v) is 6.10. The number of rotatable bonds is 5. The summed E-state index contributed by atoms with van der Waals surface area (Å²) < 4.78 is 18.4. The van der Waals surface area contributed by atoms with E-state index >= 15 is 0 Å². The van der Waals surface area contributed by atoms with E-state index in [-0.39, 0.29) is 18.0 Å². The lowest BCUT2D eigenvalue weighted by Crippen LogP contribution is -2.42. The van der Waals surface area contributed by atoms with Gasteiger partial charge in [-0.15, -0.1) is 0 Å². The van der Waals surface area contributed by atoms with Gasteiger partial charge in [0.15, 0.2) is 0 Å². The highest BCUT2D eigenvalue weighted by molar-refractivity contribution is 5.32. The van der Waals surface area contributed by atoms with Crippen molar-refractivity contribution < 1.29 is 14.2 Å². The predicted octanol–water partition coefficient (Wildman–Crippen LogP) is 2.26. The SMILES string of the molecule is Cc1ccc(F)cc1OCC(O)CNC(C)(C)C. The molecule has 1 aromatic rings. The Morgan fingerprint density at radius 3 is 2.67 bits per heavy atom. The monoisotopic (exact) mass is 255 g/mol. The van der Waals surface area contributed by atoms with Crippen molar-refractivity contribution in [3.05, 3.63) is 29.6 Å². The molecule has 0 aliphatic heterocycles. The number of aryl methyl sites for hydroxylation is 1. The van der Waals surface area contributed by atoms with Crippen molar-refractivity contribution in [1.29, 1.82) is 0 Å². The Balaban J connectivity index is 2.42. The summed E-state index contributed by atoms with van der Waals surface area (Å²) in [6, 6.07) is 4.38. The highest BCUT2D eigenvalue weighted by atomic mass is 19.1. The topological polar surface area (TPSA) is 41.5 Å². The van der Waals surface area contributed by atoms with Gasteiger partial charge in [0, 0.05) is 18.2 Å². The van der Waals surface area contributed by atoms with Gasteiger partial charge in [-0.05, 0) is 39.3 Å².